The van der Waals surface area contributed by atoms with Crippen molar-refractivity contribution in [3.05, 3.63) is 69.0 Å². The summed E-state index contributed by atoms with van der Waals surface area (Å²) in [6.07, 6.45) is 0.375. The Morgan fingerprint density at radius 1 is 0.706 bits per heavy atom. The molecule has 2 aromatic rings. The zero-order chi connectivity index (χ0) is 24.8. The van der Waals surface area contributed by atoms with Crippen LogP contribution in [0.15, 0.2) is 48.8 Å². The number of nitro benzene ring substituents is 1. The molecule has 0 aliphatic rings. The first-order valence-corrected chi connectivity index (χ1v) is 9.60. The summed E-state index contributed by atoms with van der Waals surface area (Å²) in [4.78, 5) is 47.7. The van der Waals surface area contributed by atoms with Crippen LogP contribution in [0.4, 0.5) is 21.0 Å². The second-order valence-electron chi connectivity index (χ2n) is 6.04. The lowest BCUT2D eigenvalue weighted by molar-refractivity contribution is -0.870. The highest BCUT2D eigenvalue weighted by Gasteiger charge is 2.15. The Hall–Kier alpha value is -4.37. The second kappa shape index (κ2) is 13.9. The fourth-order valence-corrected chi connectivity index (χ4v) is 2.15. The van der Waals surface area contributed by atoms with Crippen LogP contribution in [0.2, 0.25) is 0 Å². The lowest BCUT2D eigenvalue weighted by Gasteiger charge is -2.07. The van der Waals surface area contributed by atoms with Crippen LogP contribution < -0.4 is 14.3 Å². The van der Waals surface area contributed by atoms with Crippen LogP contribution in [-0.2, 0) is 18.9 Å². The third-order valence-electron chi connectivity index (χ3n) is 3.69. The van der Waals surface area contributed by atoms with Crippen molar-refractivity contribution in [1.29, 1.82) is 0 Å². The molecule has 34 heavy (non-hydrogen) atoms. The number of non-ortho nitro benzene ring substituents is 1. The van der Waals surface area contributed by atoms with Crippen molar-refractivity contribution in [2.24, 2.45) is 0 Å². The molecule has 2 rings (SSSR count). The molecule has 1 aromatic carbocycles. The quantitative estimate of drug-likeness (QED) is 0.101. The number of hydrogen-bond acceptors (Lipinski definition) is 12. The minimum atomic E-state index is -1.02. The van der Waals surface area contributed by atoms with Crippen LogP contribution in [0.25, 0.3) is 0 Å². The van der Waals surface area contributed by atoms with E-state index in [1.54, 1.807) is 0 Å². The zero-order valence-electron chi connectivity index (χ0n) is 17.6. The smallest absolute Gasteiger partial charge is 0.432 e. The third-order valence-corrected chi connectivity index (χ3v) is 3.69. The minimum Gasteiger partial charge on any atom is -0.432 e. The Kier molecular flexibility index (Phi) is 10.6. The summed E-state index contributed by atoms with van der Waals surface area (Å²) >= 11 is 0. The standard InChI is InChI=1S/C19H20N3O12/c23-18(33-17-3-1-15(2-4-17)21(25)26)31-13-11-29-9-10-30-12-14-32-19(24)34-20-7-5-16(6-8-20)22(27)28/h1-8H,9-14H2/q+1. The molecule has 1 aromatic heterocycles. The topological polar surface area (TPSA) is 180 Å². The average Bonchev–Trinajstić information content (AvgIpc) is 2.81. The maximum atomic E-state index is 11.5. The van der Waals surface area contributed by atoms with Gasteiger partial charge in [-0.25, -0.2) is 4.79 Å². The van der Waals surface area contributed by atoms with Gasteiger partial charge in [-0.1, -0.05) is 0 Å². The normalized spacial score (nSPS) is 10.2. The minimum absolute atomic E-state index is 0.0709. The molecule has 0 amide bonds. The van der Waals surface area contributed by atoms with Gasteiger partial charge in [0.15, 0.2) is 0 Å². The number of rotatable bonds is 13. The number of hydrogen-bond donors (Lipinski definition) is 0. The monoisotopic (exact) mass is 482 g/mol. The van der Waals surface area contributed by atoms with E-state index in [1.165, 1.54) is 36.7 Å². The van der Waals surface area contributed by atoms with Gasteiger partial charge in [0, 0.05) is 16.9 Å². The highest BCUT2D eigenvalue weighted by molar-refractivity contribution is 5.64. The van der Waals surface area contributed by atoms with Gasteiger partial charge in [0.1, 0.15) is 19.0 Å². The molecule has 0 spiro atoms. The van der Waals surface area contributed by atoms with Crippen molar-refractivity contribution in [3.63, 3.8) is 0 Å². The second-order valence-corrected chi connectivity index (χ2v) is 6.04. The van der Waals surface area contributed by atoms with E-state index >= 15 is 0 Å². The summed E-state index contributed by atoms with van der Waals surface area (Å²) in [5, 5.41) is 21.1. The summed E-state index contributed by atoms with van der Waals surface area (Å²) < 4.78 is 25.8. The maximum Gasteiger partial charge on any atom is 0.572 e. The van der Waals surface area contributed by atoms with Gasteiger partial charge in [-0.15, -0.1) is 4.84 Å². The lowest BCUT2D eigenvalue weighted by atomic mass is 10.3. The molecule has 15 nitrogen and oxygen atoms in total. The summed E-state index contributed by atoms with van der Waals surface area (Å²) in [6, 6.07) is 7.23. The number of ether oxygens (including phenoxy) is 5. The molecule has 0 aliphatic carbocycles. The highest BCUT2D eigenvalue weighted by atomic mass is 16.8. The number of aromatic nitrogens is 1. The molecule has 0 N–H and O–H groups in total. The van der Waals surface area contributed by atoms with Gasteiger partial charge in [-0.3, -0.25) is 20.2 Å². The molecule has 0 atom stereocenters. The predicted molar refractivity (Wildman–Crippen MR) is 108 cm³/mol. The molecule has 0 aliphatic heterocycles. The van der Waals surface area contributed by atoms with E-state index in [0.29, 0.717) is 0 Å². The van der Waals surface area contributed by atoms with E-state index in [9.17, 15) is 29.8 Å². The number of carbonyl (C=O) groups excluding carboxylic acids is 2. The van der Waals surface area contributed by atoms with E-state index in [-0.39, 0.29) is 56.8 Å². The van der Waals surface area contributed by atoms with Crippen LogP contribution in [0, 0.1) is 20.2 Å². The molecule has 0 saturated heterocycles. The Bertz CT molecular complexity index is 886. The van der Waals surface area contributed by atoms with Gasteiger partial charge in [0.2, 0.25) is 12.4 Å². The first-order valence-electron chi connectivity index (χ1n) is 9.60. The first-order chi connectivity index (χ1) is 16.3. The van der Waals surface area contributed by atoms with Gasteiger partial charge in [0.05, 0.1) is 48.4 Å². The number of pyridine rings is 1. The average molecular weight is 482 g/mol. The van der Waals surface area contributed by atoms with E-state index in [0.717, 1.165) is 16.9 Å². The number of carbonyl (C=O) groups is 2. The Morgan fingerprint density at radius 2 is 1.18 bits per heavy atom. The lowest BCUT2D eigenvalue weighted by Crippen LogP contribution is -2.45. The van der Waals surface area contributed by atoms with E-state index in [1.807, 2.05) is 0 Å². The summed E-state index contributed by atoms with van der Waals surface area (Å²) in [6.45, 7) is 0.340. The fourth-order valence-electron chi connectivity index (χ4n) is 2.15. The van der Waals surface area contributed by atoms with Gasteiger partial charge < -0.3 is 23.7 Å². The molecular weight excluding hydrogens is 462 g/mol. The van der Waals surface area contributed by atoms with Crippen molar-refractivity contribution >= 4 is 23.7 Å². The van der Waals surface area contributed by atoms with E-state index in [2.05, 4.69) is 0 Å². The van der Waals surface area contributed by atoms with Gasteiger partial charge in [-0.2, -0.15) is 4.79 Å². The summed E-state index contributed by atoms with van der Waals surface area (Å²) in [7, 11) is 0. The molecular formula is C19H20N3O12+. The van der Waals surface area contributed by atoms with E-state index in [4.69, 9.17) is 28.5 Å². The molecule has 0 saturated carbocycles. The van der Waals surface area contributed by atoms with Crippen LogP contribution in [-0.4, -0.2) is 61.8 Å². The molecule has 0 fully saturated rings. The number of nitrogens with zero attached hydrogens (tertiary/aromatic N) is 3. The molecule has 15 heteroatoms. The van der Waals surface area contributed by atoms with Crippen LogP contribution in [0.1, 0.15) is 0 Å². The van der Waals surface area contributed by atoms with Crippen LogP contribution >= 0.6 is 0 Å². The zero-order valence-corrected chi connectivity index (χ0v) is 17.6. The van der Waals surface area contributed by atoms with Crippen molar-refractivity contribution in [2.45, 2.75) is 0 Å². The molecule has 0 radical (unpaired) electrons. The largest absolute Gasteiger partial charge is 0.572 e. The van der Waals surface area contributed by atoms with Crippen LogP contribution in [0.5, 0.6) is 5.75 Å². The summed E-state index contributed by atoms with van der Waals surface area (Å²) in [5.74, 6) is 0.0994. The van der Waals surface area contributed by atoms with Crippen molar-refractivity contribution < 1.29 is 52.7 Å². The van der Waals surface area contributed by atoms with Crippen LogP contribution in [0.3, 0.4) is 0 Å². The molecule has 182 valence electrons. The Labute approximate surface area is 191 Å². The number of benzene rings is 1. The number of nitro groups is 2. The molecule has 0 unspecified atom stereocenters. The first kappa shape index (κ1) is 25.9. The van der Waals surface area contributed by atoms with Gasteiger partial charge in [-0.05, 0) is 12.1 Å². The predicted octanol–water partition coefficient (Wildman–Crippen LogP) is 1.60. The van der Waals surface area contributed by atoms with Crippen molar-refractivity contribution in [2.75, 3.05) is 39.6 Å². The molecule has 1 heterocycles. The summed E-state index contributed by atoms with van der Waals surface area (Å²) in [5.41, 5.74) is -0.290. The Balaban J connectivity index is 1.44. The SMILES string of the molecule is O=C(OCCOCCOCCOC(=O)O[n+]1ccc([N+](=O)[O-])cc1)Oc1ccc([N+](=O)[O-])cc1. The molecule has 0 bridgehead atoms. The van der Waals surface area contributed by atoms with Gasteiger partial charge >= 0.3 is 12.3 Å². The highest BCUT2D eigenvalue weighted by Crippen LogP contribution is 2.17. The maximum absolute atomic E-state index is 11.5. The third kappa shape index (κ3) is 9.84. The Morgan fingerprint density at radius 3 is 1.71 bits per heavy atom. The van der Waals surface area contributed by atoms with Gasteiger partial charge in [0.25, 0.3) is 11.4 Å². The van der Waals surface area contributed by atoms with E-state index < -0.39 is 22.2 Å². The van der Waals surface area contributed by atoms with Crippen molar-refractivity contribution in [3.8, 4) is 5.75 Å². The fraction of sp³-hybridized carbons (Fsp3) is 0.316. The van der Waals surface area contributed by atoms with Crippen molar-refractivity contribution in [1.82, 2.24) is 0 Å².